The molecule has 3 aromatic rings. The van der Waals surface area contributed by atoms with E-state index in [1.807, 2.05) is 31.3 Å². The number of benzene rings is 2. The van der Waals surface area contributed by atoms with Crippen molar-refractivity contribution in [1.82, 2.24) is 14.9 Å². The third-order valence-electron chi connectivity index (χ3n) is 4.52. The van der Waals surface area contributed by atoms with Crippen molar-refractivity contribution in [2.24, 2.45) is 7.05 Å². The number of aromatic nitrogens is 2. The summed E-state index contributed by atoms with van der Waals surface area (Å²) in [4.78, 5) is 17.1. The first-order chi connectivity index (χ1) is 12.6. The van der Waals surface area contributed by atoms with Crippen molar-refractivity contribution >= 4 is 5.91 Å². The zero-order chi connectivity index (χ0) is 18.1. The monoisotopic (exact) mass is 351 g/mol. The smallest absolute Gasteiger partial charge is 0.262 e. The van der Waals surface area contributed by atoms with Crippen LogP contribution in [-0.4, -0.2) is 21.6 Å². The number of fused-ring (bicyclic) bond motifs is 1. The average molecular weight is 351 g/mol. The largest absolute Gasteiger partial charge is 0.480 e. The van der Waals surface area contributed by atoms with Gasteiger partial charge in [-0.1, -0.05) is 30.3 Å². The summed E-state index contributed by atoms with van der Waals surface area (Å²) in [6.45, 7) is 0. The molecule has 0 bridgehead atoms. The van der Waals surface area contributed by atoms with Crippen molar-refractivity contribution in [3.05, 3.63) is 83.7 Å². The quantitative estimate of drug-likeness (QED) is 0.786. The maximum absolute atomic E-state index is 13.7. The van der Waals surface area contributed by atoms with Crippen LogP contribution in [0.2, 0.25) is 0 Å². The lowest BCUT2D eigenvalue weighted by molar-refractivity contribution is -0.127. The highest BCUT2D eigenvalue weighted by Crippen LogP contribution is 2.29. The maximum atomic E-state index is 13.7. The Hall–Kier alpha value is -3.15. The Morgan fingerprint density at radius 3 is 2.88 bits per heavy atom. The van der Waals surface area contributed by atoms with Gasteiger partial charge in [0, 0.05) is 25.9 Å². The molecule has 0 saturated heterocycles. The molecule has 0 radical (unpaired) electrons. The van der Waals surface area contributed by atoms with Gasteiger partial charge >= 0.3 is 0 Å². The molecule has 2 aromatic carbocycles. The number of hydrogen-bond acceptors (Lipinski definition) is 3. The minimum Gasteiger partial charge on any atom is -0.480 e. The second kappa shape index (κ2) is 6.63. The molecule has 1 aliphatic heterocycles. The van der Waals surface area contributed by atoms with Crippen LogP contribution >= 0.6 is 0 Å². The summed E-state index contributed by atoms with van der Waals surface area (Å²) in [6, 6.07) is 13.2. The molecule has 1 N–H and O–H groups in total. The Labute approximate surface area is 150 Å². The van der Waals surface area contributed by atoms with Gasteiger partial charge in [0.05, 0.1) is 0 Å². The van der Waals surface area contributed by atoms with E-state index < -0.39 is 12.1 Å². The summed E-state index contributed by atoms with van der Waals surface area (Å²) in [6.07, 6.45) is 3.34. The van der Waals surface area contributed by atoms with E-state index in [0.29, 0.717) is 17.8 Å². The van der Waals surface area contributed by atoms with Gasteiger partial charge in [-0.15, -0.1) is 0 Å². The molecule has 1 aliphatic rings. The molecular formula is C20H18FN3O2. The Morgan fingerprint density at radius 1 is 1.31 bits per heavy atom. The lowest BCUT2D eigenvalue weighted by Crippen LogP contribution is -2.40. The Morgan fingerprint density at radius 2 is 2.15 bits per heavy atom. The minimum absolute atomic E-state index is 0.251. The number of aryl methyl sites for hydroxylation is 1. The summed E-state index contributed by atoms with van der Waals surface area (Å²) < 4.78 is 21.3. The molecule has 0 aliphatic carbocycles. The van der Waals surface area contributed by atoms with E-state index in [2.05, 4.69) is 10.3 Å². The number of para-hydroxylation sites is 1. The standard InChI is InChI=1S/C20H18FN3O2/c1-24-10-9-22-19(24)18(14-6-4-7-15(21)11-14)23-20(25)17-12-13-5-2-3-8-16(13)26-17/h2-11,17-18H,12H2,1H3,(H,23,25)/t17-,18+/m1/s1. The summed E-state index contributed by atoms with van der Waals surface area (Å²) >= 11 is 0. The topological polar surface area (TPSA) is 56.2 Å². The lowest BCUT2D eigenvalue weighted by atomic mass is 10.0. The predicted octanol–water partition coefficient (Wildman–Crippen LogP) is 2.77. The van der Waals surface area contributed by atoms with Crippen LogP contribution in [0.25, 0.3) is 0 Å². The minimum atomic E-state index is -0.608. The first-order valence-electron chi connectivity index (χ1n) is 8.39. The molecule has 26 heavy (non-hydrogen) atoms. The molecular weight excluding hydrogens is 333 g/mol. The van der Waals surface area contributed by atoms with Gasteiger partial charge in [0.25, 0.3) is 5.91 Å². The predicted molar refractivity (Wildman–Crippen MR) is 94.2 cm³/mol. The highest BCUT2D eigenvalue weighted by molar-refractivity contribution is 5.83. The number of carbonyl (C=O) groups is 1. The summed E-state index contributed by atoms with van der Waals surface area (Å²) in [7, 11) is 1.84. The number of carbonyl (C=O) groups excluding carboxylic acids is 1. The van der Waals surface area contributed by atoms with E-state index in [4.69, 9.17) is 4.74 Å². The van der Waals surface area contributed by atoms with Crippen molar-refractivity contribution in [3.8, 4) is 5.75 Å². The van der Waals surface area contributed by atoms with E-state index in [9.17, 15) is 9.18 Å². The second-order valence-corrected chi connectivity index (χ2v) is 6.31. The molecule has 132 valence electrons. The number of hydrogen-bond donors (Lipinski definition) is 1. The van der Waals surface area contributed by atoms with Crippen LogP contribution in [0, 0.1) is 5.82 Å². The van der Waals surface area contributed by atoms with Gasteiger partial charge in [0.2, 0.25) is 0 Å². The molecule has 0 fully saturated rings. The van der Waals surface area contributed by atoms with E-state index >= 15 is 0 Å². The fraction of sp³-hybridized carbons (Fsp3) is 0.200. The van der Waals surface area contributed by atoms with E-state index in [0.717, 1.165) is 11.3 Å². The van der Waals surface area contributed by atoms with Gasteiger partial charge in [-0.05, 0) is 29.3 Å². The highest BCUT2D eigenvalue weighted by atomic mass is 19.1. The third-order valence-corrected chi connectivity index (χ3v) is 4.52. The van der Waals surface area contributed by atoms with Gasteiger partial charge in [0.15, 0.2) is 6.10 Å². The van der Waals surface area contributed by atoms with Crippen LogP contribution in [0.1, 0.15) is 23.0 Å². The van der Waals surface area contributed by atoms with Crippen LogP contribution in [0.3, 0.4) is 0 Å². The zero-order valence-corrected chi connectivity index (χ0v) is 14.2. The SMILES string of the molecule is Cn1ccnc1[C@@H](NC(=O)[C@H]1Cc2ccccc2O1)c1cccc(F)c1. The lowest BCUT2D eigenvalue weighted by Gasteiger charge is -2.21. The van der Waals surface area contributed by atoms with Gasteiger partial charge in [-0.2, -0.15) is 0 Å². The molecule has 2 atom stereocenters. The van der Waals surface area contributed by atoms with E-state index in [1.54, 1.807) is 29.1 Å². The number of ether oxygens (including phenoxy) is 1. The molecule has 6 heteroatoms. The van der Waals surface area contributed by atoms with Gasteiger partial charge < -0.3 is 14.6 Å². The maximum Gasteiger partial charge on any atom is 0.262 e. The molecule has 0 saturated carbocycles. The number of nitrogens with zero attached hydrogens (tertiary/aromatic N) is 2. The van der Waals surface area contributed by atoms with Crippen molar-refractivity contribution in [2.75, 3.05) is 0 Å². The molecule has 0 unspecified atom stereocenters. The highest BCUT2D eigenvalue weighted by Gasteiger charge is 2.31. The number of amides is 1. The van der Waals surface area contributed by atoms with Crippen LogP contribution < -0.4 is 10.1 Å². The van der Waals surface area contributed by atoms with Crippen molar-refractivity contribution in [1.29, 1.82) is 0 Å². The number of rotatable bonds is 4. The van der Waals surface area contributed by atoms with Crippen molar-refractivity contribution in [2.45, 2.75) is 18.6 Å². The fourth-order valence-corrected chi connectivity index (χ4v) is 3.20. The first-order valence-corrected chi connectivity index (χ1v) is 8.39. The Bertz CT molecular complexity index is 928. The van der Waals surface area contributed by atoms with Crippen LogP contribution in [0.4, 0.5) is 4.39 Å². The van der Waals surface area contributed by atoms with Crippen molar-refractivity contribution < 1.29 is 13.9 Å². The number of halogens is 1. The van der Waals surface area contributed by atoms with Crippen molar-refractivity contribution in [3.63, 3.8) is 0 Å². The molecule has 2 heterocycles. The summed E-state index contributed by atoms with van der Waals surface area (Å²) in [5, 5.41) is 2.97. The average Bonchev–Trinajstić information content (AvgIpc) is 3.25. The van der Waals surface area contributed by atoms with Gasteiger partial charge in [0.1, 0.15) is 23.4 Å². The number of nitrogens with one attached hydrogen (secondary N) is 1. The molecule has 5 nitrogen and oxygen atoms in total. The van der Waals surface area contributed by atoms with Crippen LogP contribution in [0.5, 0.6) is 5.75 Å². The third kappa shape index (κ3) is 3.06. The second-order valence-electron chi connectivity index (χ2n) is 6.31. The molecule has 1 amide bonds. The fourth-order valence-electron chi connectivity index (χ4n) is 3.20. The first kappa shape index (κ1) is 16.3. The number of imidazole rings is 1. The summed E-state index contributed by atoms with van der Waals surface area (Å²) in [5.74, 6) is 0.741. The van der Waals surface area contributed by atoms with Crippen LogP contribution in [0.15, 0.2) is 60.9 Å². The van der Waals surface area contributed by atoms with Gasteiger partial charge in [-0.3, -0.25) is 4.79 Å². The van der Waals surface area contributed by atoms with Gasteiger partial charge in [-0.25, -0.2) is 9.37 Å². The van der Waals surface area contributed by atoms with E-state index in [-0.39, 0.29) is 11.7 Å². The normalized spacial score (nSPS) is 16.6. The molecule has 4 rings (SSSR count). The zero-order valence-electron chi connectivity index (χ0n) is 14.2. The molecule has 0 spiro atoms. The van der Waals surface area contributed by atoms with E-state index in [1.165, 1.54) is 12.1 Å². The summed E-state index contributed by atoms with van der Waals surface area (Å²) in [5.41, 5.74) is 1.63. The Kier molecular flexibility index (Phi) is 4.16. The van der Waals surface area contributed by atoms with Crippen LogP contribution in [-0.2, 0) is 18.3 Å². The molecule has 1 aromatic heterocycles. The Balaban J connectivity index is 1.60.